The molecular formula is C10H16N6O2. The molecule has 4 N–H and O–H groups in total. The van der Waals surface area contributed by atoms with Crippen molar-refractivity contribution < 1.29 is 9.84 Å². The summed E-state index contributed by atoms with van der Waals surface area (Å²) in [4.78, 5) is 15.5. The smallest absolute Gasteiger partial charge is 0.226 e. The Hall–Kier alpha value is -1.93. The highest BCUT2D eigenvalue weighted by atomic mass is 16.5. The average molecular weight is 252 g/mol. The zero-order valence-electron chi connectivity index (χ0n) is 10.3. The van der Waals surface area contributed by atoms with E-state index in [-0.39, 0.29) is 12.6 Å². The van der Waals surface area contributed by atoms with Crippen molar-refractivity contribution in [2.75, 3.05) is 38.0 Å². The number of ether oxygens (including phenoxy) is 1. The number of aliphatic hydroxyl groups is 1. The molecule has 1 atom stereocenters. The lowest BCUT2D eigenvalue weighted by Crippen LogP contribution is -2.29. The molecule has 2 aromatic heterocycles. The molecule has 2 aromatic rings. The molecule has 0 aliphatic rings. The number of hydrogen-bond donors (Lipinski definition) is 4. The highest BCUT2D eigenvalue weighted by molar-refractivity contribution is 5.83. The first-order valence-electron chi connectivity index (χ1n) is 5.53. The van der Waals surface area contributed by atoms with Crippen molar-refractivity contribution in [2.45, 2.75) is 6.04 Å². The third kappa shape index (κ3) is 2.49. The Kier molecular flexibility index (Phi) is 3.90. The Morgan fingerprint density at radius 1 is 1.50 bits per heavy atom. The van der Waals surface area contributed by atoms with Crippen molar-refractivity contribution in [3.05, 3.63) is 6.33 Å². The molecule has 0 bridgehead atoms. The minimum Gasteiger partial charge on any atom is -0.394 e. The first-order valence-corrected chi connectivity index (χ1v) is 5.53. The molecule has 0 saturated carbocycles. The largest absolute Gasteiger partial charge is 0.394 e. The van der Waals surface area contributed by atoms with Crippen LogP contribution in [0.1, 0.15) is 0 Å². The Labute approximate surface area is 104 Å². The molecule has 0 fully saturated rings. The Morgan fingerprint density at radius 3 is 3.00 bits per heavy atom. The van der Waals surface area contributed by atoms with Crippen molar-refractivity contribution >= 4 is 22.9 Å². The number of nitrogens with one attached hydrogen (secondary N) is 3. The van der Waals surface area contributed by atoms with E-state index in [4.69, 9.17) is 4.74 Å². The molecule has 0 aliphatic carbocycles. The Bertz CT molecular complexity index is 514. The van der Waals surface area contributed by atoms with E-state index in [0.29, 0.717) is 29.5 Å². The van der Waals surface area contributed by atoms with Crippen LogP contribution in [-0.4, -0.2) is 58.5 Å². The summed E-state index contributed by atoms with van der Waals surface area (Å²) < 4.78 is 5.01. The number of rotatable bonds is 6. The van der Waals surface area contributed by atoms with Crippen LogP contribution in [0.4, 0.5) is 11.8 Å². The fourth-order valence-electron chi connectivity index (χ4n) is 1.58. The fraction of sp³-hybridized carbons (Fsp3) is 0.500. The highest BCUT2D eigenvalue weighted by Crippen LogP contribution is 2.19. The standard InChI is InChI=1S/C10H16N6O2/c1-11-10-15-8-7(12-5-13-8)9(16-10)14-6(3-17)4-18-2/h5-6,17H,3-4H2,1-2H3,(H3,11,12,13,14,15,16). The summed E-state index contributed by atoms with van der Waals surface area (Å²) in [6, 6.07) is -0.235. The summed E-state index contributed by atoms with van der Waals surface area (Å²) in [7, 11) is 3.31. The first kappa shape index (κ1) is 12.5. The van der Waals surface area contributed by atoms with Gasteiger partial charge in [0.2, 0.25) is 5.95 Å². The van der Waals surface area contributed by atoms with Crippen LogP contribution >= 0.6 is 0 Å². The molecule has 0 aliphatic heterocycles. The zero-order valence-corrected chi connectivity index (χ0v) is 10.3. The van der Waals surface area contributed by atoms with Crippen LogP contribution in [0.2, 0.25) is 0 Å². The number of imidazole rings is 1. The number of aromatic nitrogens is 4. The monoisotopic (exact) mass is 252 g/mol. The molecule has 98 valence electrons. The fourth-order valence-corrected chi connectivity index (χ4v) is 1.58. The van der Waals surface area contributed by atoms with Gasteiger partial charge in [-0.3, -0.25) is 0 Å². The van der Waals surface area contributed by atoms with E-state index in [1.807, 2.05) is 0 Å². The SMILES string of the molecule is CNc1nc(NC(CO)COC)c2[nH]cnc2n1. The quantitative estimate of drug-likeness (QED) is 0.564. The van der Waals surface area contributed by atoms with E-state index in [2.05, 4.69) is 30.6 Å². The van der Waals surface area contributed by atoms with Gasteiger partial charge in [0.05, 0.1) is 25.6 Å². The average Bonchev–Trinajstić information content (AvgIpc) is 2.86. The van der Waals surface area contributed by atoms with Gasteiger partial charge >= 0.3 is 0 Å². The van der Waals surface area contributed by atoms with E-state index >= 15 is 0 Å². The topological polar surface area (TPSA) is 108 Å². The lowest BCUT2D eigenvalue weighted by molar-refractivity contribution is 0.153. The van der Waals surface area contributed by atoms with E-state index in [1.165, 1.54) is 0 Å². The minimum absolute atomic E-state index is 0.0532. The van der Waals surface area contributed by atoms with Gasteiger partial charge in [-0.05, 0) is 0 Å². The van der Waals surface area contributed by atoms with Gasteiger partial charge in [0.25, 0.3) is 0 Å². The van der Waals surface area contributed by atoms with Gasteiger partial charge in [0.15, 0.2) is 11.5 Å². The van der Waals surface area contributed by atoms with Gasteiger partial charge in [0.1, 0.15) is 5.52 Å². The Balaban J connectivity index is 2.32. The normalized spacial score (nSPS) is 12.6. The number of aromatic amines is 1. The summed E-state index contributed by atoms with van der Waals surface area (Å²) in [5, 5.41) is 15.2. The van der Waals surface area contributed by atoms with Crippen LogP contribution in [0.5, 0.6) is 0 Å². The van der Waals surface area contributed by atoms with E-state index in [0.717, 1.165) is 0 Å². The van der Waals surface area contributed by atoms with Gasteiger partial charge in [-0.1, -0.05) is 0 Å². The molecule has 0 aromatic carbocycles. The number of hydrogen-bond acceptors (Lipinski definition) is 7. The number of methoxy groups -OCH3 is 1. The number of H-pyrrole nitrogens is 1. The van der Waals surface area contributed by atoms with Crippen molar-refractivity contribution in [3.63, 3.8) is 0 Å². The molecule has 8 nitrogen and oxygen atoms in total. The van der Waals surface area contributed by atoms with Crippen LogP contribution in [0.25, 0.3) is 11.2 Å². The zero-order chi connectivity index (χ0) is 13.0. The molecule has 2 heterocycles. The second-order valence-electron chi connectivity index (χ2n) is 3.73. The Morgan fingerprint density at radius 2 is 2.33 bits per heavy atom. The lowest BCUT2D eigenvalue weighted by atomic mass is 10.3. The van der Waals surface area contributed by atoms with Gasteiger partial charge < -0.3 is 25.5 Å². The number of aliphatic hydroxyl groups excluding tert-OH is 1. The molecule has 0 spiro atoms. The minimum atomic E-state index is -0.235. The molecule has 0 radical (unpaired) electrons. The maximum absolute atomic E-state index is 9.24. The van der Waals surface area contributed by atoms with Crippen molar-refractivity contribution in [2.24, 2.45) is 0 Å². The van der Waals surface area contributed by atoms with Gasteiger partial charge in [-0.25, -0.2) is 4.98 Å². The van der Waals surface area contributed by atoms with Gasteiger partial charge in [-0.15, -0.1) is 0 Å². The number of anilines is 2. The third-order valence-corrected chi connectivity index (χ3v) is 2.44. The van der Waals surface area contributed by atoms with E-state index < -0.39 is 0 Å². The first-order chi connectivity index (χ1) is 8.78. The van der Waals surface area contributed by atoms with E-state index in [9.17, 15) is 5.11 Å². The van der Waals surface area contributed by atoms with Crippen molar-refractivity contribution in [1.82, 2.24) is 19.9 Å². The molecule has 0 saturated heterocycles. The van der Waals surface area contributed by atoms with Crippen molar-refractivity contribution in [3.8, 4) is 0 Å². The molecule has 0 amide bonds. The maximum atomic E-state index is 9.24. The van der Waals surface area contributed by atoms with Crippen LogP contribution in [0.3, 0.4) is 0 Å². The predicted molar refractivity (Wildman–Crippen MR) is 67.6 cm³/mol. The van der Waals surface area contributed by atoms with Gasteiger partial charge in [-0.2, -0.15) is 9.97 Å². The third-order valence-electron chi connectivity index (χ3n) is 2.44. The molecule has 1 unspecified atom stereocenters. The number of fused-ring (bicyclic) bond motifs is 1. The summed E-state index contributed by atoms with van der Waals surface area (Å²) in [6.07, 6.45) is 1.55. The molecule has 2 rings (SSSR count). The lowest BCUT2D eigenvalue weighted by Gasteiger charge is -2.16. The van der Waals surface area contributed by atoms with Crippen LogP contribution < -0.4 is 10.6 Å². The second kappa shape index (κ2) is 5.61. The van der Waals surface area contributed by atoms with Crippen LogP contribution in [-0.2, 0) is 4.74 Å². The van der Waals surface area contributed by atoms with Crippen molar-refractivity contribution in [1.29, 1.82) is 0 Å². The maximum Gasteiger partial charge on any atom is 0.226 e. The van der Waals surface area contributed by atoms with Gasteiger partial charge in [0, 0.05) is 14.2 Å². The van der Waals surface area contributed by atoms with Crippen LogP contribution in [0.15, 0.2) is 6.33 Å². The molecule has 8 heteroatoms. The summed E-state index contributed by atoms with van der Waals surface area (Å²) >= 11 is 0. The molecular weight excluding hydrogens is 236 g/mol. The summed E-state index contributed by atoms with van der Waals surface area (Å²) in [6.45, 7) is 0.327. The number of nitrogens with zero attached hydrogens (tertiary/aromatic N) is 3. The summed E-state index contributed by atoms with van der Waals surface area (Å²) in [5.74, 6) is 1.05. The predicted octanol–water partition coefficient (Wildman–Crippen LogP) is -0.186. The van der Waals surface area contributed by atoms with E-state index in [1.54, 1.807) is 20.5 Å². The molecule has 18 heavy (non-hydrogen) atoms. The summed E-state index contributed by atoms with van der Waals surface area (Å²) in [5.41, 5.74) is 1.26. The second-order valence-corrected chi connectivity index (χ2v) is 3.73. The van der Waals surface area contributed by atoms with Crippen LogP contribution in [0, 0.1) is 0 Å². The highest BCUT2D eigenvalue weighted by Gasteiger charge is 2.13.